The van der Waals surface area contributed by atoms with Gasteiger partial charge in [0.2, 0.25) is 12.7 Å². The van der Waals surface area contributed by atoms with Crippen molar-refractivity contribution in [3.05, 3.63) is 81.3 Å². The van der Waals surface area contributed by atoms with Crippen molar-refractivity contribution in [2.45, 2.75) is 32.9 Å². The monoisotopic (exact) mass is 494 g/mol. The summed E-state index contributed by atoms with van der Waals surface area (Å²) in [7, 11) is 0. The second-order valence-electron chi connectivity index (χ2n) is 9.10. The summed E-state index contributed by atoms with van der Waals surface area (Å²) >= 11 is 1.62. The maximum absolute atomic E-state index is 13.6. The van der Waals surface area contributed by atoms with Gasteiger partial charge < -0.3 is 19.3 Å². The van der Waals surface area contributed by atoms with E-state index < -0.39 is 5.82 Å². The summed E-state index contributed by atoms with van der Waals surface area (Å²) in [5.41, 5.74) is 2.45. The van der Waals surface area contributed by atoms with Gasteiger partial charge in [-0.25, -0.2) is 4.39 Å². The lowest BCUT2D eigenvalue weighted by molar-refractivity contribution is -0.133. The van der Waals surface area contributed by atoms with Gasteiger partial charge in [-0.15, -0.1) is 11.3 Å². The fourth-order valence-electron chi connectivity index (χ4n) is 4.10. The van der Waals surface area contributed by atoms with E-state index in [9.17, 15) is 14.0 Å². The first-order valence-corrected chi connectivity index (χ1v) is 12.6. The van der Waals surface area contributed by atoms with Gasteiger partial charge in [-0.3, -0.25) is 9.59 Å². The minimum atomic E-state index is -0.396. The molecule has 0 radical (unpaired) electrons. The molecule has 0 spiro atoms. The molecular weight excluding hydrogens is 467 g/mol. The fraction of sp³-hybridized carbons (Fsp3) is 0.333. The van der Waals surface area contributed by atoms with E-state index in [0.29, 0.717) is 42.6 Å². The molecule has 1 saturated carbocycles. The molecule has 182 valence electrons. The Hall–Kier alpha value is -3.39. The predicted molar refractivity (Wildman–Crippen MR) is 131 cm³/mol. The summed E-state index contributed by atoms with van der Waals surface area (Å²) in [5.74, 6) is 0.999. The Labute approximate surface area is 207 Å². The summed E-state index contributed by atoms with van der Waals surface area (Å²) in [6.45, 7) is 3.57. The van der Waals surface area contributed by atoms with Crippen LogP contribution >= 0.6 is 11.3 Å². The lowest BCUT2D eigenvalue weighted by Gasteiger charge is -2.28. The number of aryl methyl sites for hydroxylation is 1. The van der Waals surface area contributed by atoms with Crippen molar-refractivity contribution in [3.63, 3.8) is 0 Å². The van der Waals surface area contributed by atoms with Crippen LogP contribution < -0.4 is 9.47 Å². The highest BCUT2D eigenvalue weighted by Gasteiger charge is 2.30. The summed E-state index contributed by atoms with van der Waals surface area (Å²) in [6.07, 6.45) is 2.10. The first-order chi connectivity index (χ1) is 17.0. The Morgan fingerprint density at radius 1 is 1.00 bits per heavy atom. The lowest BCUT2D eigenvalue weighted by Crippen LogP contribution is -2.43. The van der Waals surface area contributed by atoms with Gasteiger partial charge in [0.1, 0.15) is 12.4 Å². The number of hydrogen-bond donors (Lipinski definition) is 0. The molecule has 2 aliphatic rings. The van der Waals surface area contributed by atoms with E-state index in [-0.39, 0.29) is 25.2 Å². The SMILES string of the molecule is Cc1ccsc1CN(Cc1ccc2c(c1)OCO2)C(=O)CN(CC1CC1)C(=O)c1ccc(F)cc1. The fourth-order valence-corrected chi connectivity index (χ4v) is 5.02. The first-order valence-electron chi connectivity index (χ1n) is 11.7. The second-order valence-corrected chi connectivity index (χ2v) is 10.1. The molecule has 1 fully saturated rings. The molecule has 0 N–H and O–H groups in total. The zero-order valence-corrected chi connectivity index (χ0v) is 20.4. The maximum Gasteiger partial charge on any atom is 0.254 e. The molecule has 6 nitrogen and oxygen atoms in total. The smallest absolute Gasteiger partial charge is 0.254 e. The minimum Gasteiger partial charge on any atom is -0.454 e. The second kappa shape index (κ2) is 10.1. The van der Waals surface area contributed by atoms with Gasteiger partial charge in [0, 0.05) is 23.5 Å². The van der Waals surface area contributed by atoms with Crippen molar-refractivity contribution in [1.29, 1.82) is 0 Å². The normalized spacial score (nSPS) is 14.1. The van der Waals surface area contributed by atoms with Gasteiger partial charge in [-0.2, -0.15) is 0 Å². The molecule has 0 atom stereocenters. The Kier molecular flexibility index (Phi) is 6.72. The van der Waals surface area contributed by atoms with E-state index in [1.165, 1.54) is 24.3 Å². The van der Waals surface area contributed by atoms with E-state index in [0.717, 1.165) is 28.8 Å². The number of rotatable bonds is 9. The van der Waals surface area contributed by atoms with Crippen molar-refractivity contribution in [2.24, 2.45) is 5.92 Å². The van der Waals surface area contributed by atoms with Crippen molar-refractivity contribution in [2.75, 3.05) is 19.9 Å². The number of thiophene rings is 1. The van der Waals surface area contributed by atoms with E-state index in [4.69, 9.17) is 9.47 Å². The summed E-state index contributed by atoms with van der Waals surface area (Å²) in [5, 5.41) is 2.02. The van der Waals surface area contributed by atoms with Crippen molar-refractivity contribution >= 4 is 23.2 Å². The molecule has 1 aliphatic heterocycles. The molecule has 0 unspecified atom stereocenters. The Bertz CT molecular complexity index is 1220. The van der Waals surface area contributed by atoms with Crippen LogP contribution in [0.1, 0.15) is 39.2 Å². The average Bonchev–Trinajstić information content (AvgIpc) is 3.39. The molecule has 2 heterocycles. The standard InChI is InChI=1S/C27H27FN2O4S/c1-18-10-11-35-25(18)15-29(14-20-4-9-23-24(12-20)34-17-33-23)26(31)16-30(13-19-2-3-19)27(32)21-5-7-22(28)8-6-21/h4-12,19H,2-3,13-17H2,1H3. The largest absolute Gasteiger partial charge is 0.454 e. The number of amides is 2. The van der Waals surface area contributed by atoms with Gasteiger partial charge in [0.15, 0.2) is 11.5 Å². The van der Waals surface area contributed by atoms with Crippen LogP contribution in [-0.2, 0) is 17.9 Å². The molecular formula is C27H27FN2O4S. The zero-order valence-electron chi connectivity index (χ0n) is 19.5. The van der Waals surface area contributed by atoms with Crippen molar-refractivity contribution in [3.8, 4) is 11.5 Å². The van der Waals surface area contributed by atoms with Gasteiger partial charge in [-0.1, -0.05) is 6.07 Å². The highest BCUT2D eigenvalue weighted by atomic mass is 32.1. The predicted octanol–water partition coefficient (Wildman–Crippen LogP) is 5.01. The van der Waals surface area contributed by atoms with Crippen LogP contribution in [0.5, 0.6) is 11.5 Å². The Balaban J connectivity index is 1.36. The number of nitrogens with zero attached hydrogens (tertiary/aromatic N) is 2. The van der Waals surface area contributed by atoms with Crippen LogP contribution in [-0.4, -0.2) is 41.5 Å². The van der Waals surface area contributed by atoms with E-state index in [1.54, 1.807) is 21.1 Å². The molecule has 0 bridgehead atoms. The van der Waals surface area contributed by atoms with Crippen LogP contribution in [0.25, 0.3) is 0 Å². The van der Waals surface area contributed by atoms with Crippen LogP contribution in [0.15, 0.2) is 53.9 Å². The van der Waals surface area contributed by atoms with Crippen LogP contribution in [0, 0.1) is 18.7 Å². The molecule has 2 amide bonds. The summed E-state index contributed by atoms with van der Waals surface area (Å²) in [6, 6.07) is 13.2. The minimum absolute atomic E-state index is 0.0261. The number of carbonyl (C=O) groups excluding carboxylic acids is 2. The molecule has 1 aliphatic carbocycles. The molecule has 8 heteroatoms. The van der Waals surface area contributed by atoms with E-state index in [1.807, 2.05) is 36.6 Å². The number of halogens is 1. The van der Waals surface area contributed by atoms with Crippen LogP contribution in [0.4, 0.5) is 4.39 Å². The number of carbonyl (C=O) groups is 2. The van der Waals surface area contributed by atoms with Gasteiger partial charge in [-0.05, 0) is 84.7 Å². The molecule has 35 heavy (non-hydrogen) atoms. The van der Waals surface area contributed by atoms with Crippen molar-refractivity contribution < 1.29 is 23.5 Å². The third-order valence-corrected chi connectivity index (χ3v) is 7.35. The summed E-state index contributed by atoms with van der Waals surface area (Å²) in [4.78, 5) is 31.4. The number of fused-ring (bicyclic) bond motifs is 1. The molecule has 5 rings (SSSR count). The van der Waals surface area contributed by atoms with E-state index >= 15 is 0 Å². The highest BCUT2D eigenvalue weighted by Crippen LogP contribution is 2.33. The zero-order chi connectivity index (χ0) is 24.4. The molecule has 1 aromatic heterocycles. The molecule has 2 aromatic carbocycles. The van der Waals surface area contributed by atoms with Crippen molar-refractivity contribution in [1.82, 2.24) is 9.80 Å². The number of ether oxygens (including phenoxy) is 2. The van der Waals surface area contributed by atoms with E-state index in [2.05, 4.69) is 0 Å². The number of benzene rings is 2. The Morgan fingerprint density at radius 2 is 1.77 bits per heavy atom. The van der Waals surface area contributed by atoms with Crippen LogP contribution in [0.3, 0.4) is 0 Å². The quantitative estimate of drug-likeness (QED) is 0.420. The lowest BCUT2D eigenvalue weighted by atomic mass is 10.1. The average molecular weight is 495 g/mol. The third-order valence-electron chi connectivity index (χ3n) is 6.35. The topological polar surface area (TPSA) is 59.1 Å². The number of hydrogen-bond acceptors (Lipinski definition) is 5. The third kappa shape index (κ3) is 5.65. The Morgan fingerprint density at radius 3 is 2.49 bits per heavy atom. The first kappa shape index (κ1) is 23.4. The van der Waals surface area contributed by atoms with Gasteiger partial charge >= 0.3 is 0 Å². The van der Waals surface area contributed by atoms with Gasteiger partial charge in [0.25, 0.3) is 5.91 Å². The highest BCUT2D eigenvalue weighted by molar-refractivity contribution is 7.10. The summed E-state index contributed by atoms with van der Waals surface area (Å²) < 4.78 is 24.3. The molecule has 3 aromatic rings. The van der Waals surface area contributed by atoms with Gasteiger partial charge in [0.05, 0.1) is 6.54 Å². The van der Waals surface area contributed by atoms with Crippen LogP contribution in [0.2, 0.25) is 0 Å². The maximum atomic E-state index is 13.6. The molecule has 0 saturated heterocycles.